The average Bonchev–Trinajstić information content (AvgIpc) is 1.94. The van der Waals surface area contributed by atoms with E-state index >= 15 is 0 Å². The molecule has 5 nitrogen and oxygen atoms in total. The van der Waals surface area contributed by atoms with Gasteiger partial charge in [0.15, 0.2) is 0 Å². The molecule has 0 aliphatic carbocycles. The van der Waals surface area contributed by atoms with Crippen molar-refractivity contribution in [2.45, 2.75) is 0 Å². The Balaban J connectivity index is 0.000000292. The quantitative estimate of drug-likeness (QED) is 0.583. The van der Waals surface area contributed by atoms with Gasteiger partial charge in [0.2, 0.25) is 0 Å². The second-order valence-electron chi connectivity index (χ2n) is 2.24. The van der Waals surface area contributed by atoms with Gasteiger partial charge in [0, 0.05) is 12.1 Å². The van der Waals surface area contributed by atoms with Crippen LogP contribution in [0.15, 0.2) is 18.2 Å². The van der Waals surface area contributed by atoms with Gasteiger partial charge in [0.1, 0.15) is 5.69 Å². The molecule has 0 amide bonds. The summed E-state index contributed by atoms with van der Waals surface area (Å²) in [5.74, 6) is 0. The largest absolute Gasteiger partial charge is 0.756 e. The van der Waals surface area contributed by atoms with Crippen molar-refractivity contribution in [2.75, 3.05) is 0 Å². The van der Waals surface area contributed by atoms with Crippen LogP contribution >= 0.6 is 31.0 Å². The van der Waals surface area contributed by atoms with Crippen LogP contribution in [0.2, 0.25) is 10.0 Å². The summed E-state index contributed by atoms with van der Waals surface area (Å²) >= 11 is 11.3. The summed E-state index contributed by atoms with van der Waals surface area (Å²) in [7, 11) is -4.89. The van der Waals surface area contributed by atoms with Crippen molar-refractivity contribution in [1.82, 2.24) is 0 Å². The van der Waals surface area contributed by atoms with Gasteiger partial charge in [-0.3, -0.25) is 4.57 Å². The van der Waals surface area contributed by atoms with Gasteiger partial charge in [-0.15, -0.1) is 0 Å². The highest BCUT2D eigenvalue weighted by Gasteiger charge is 1.96. The third kappa shape index (κ3) is 8.47. The van der Waals surface area contributed by atoms with E-state index in [0.29, 0.717) is 10.0 Å². The molecular formula is C6H8Cl2NO4P. The Labute approximate surface area is 90.3 Å². The molecule has 0 unspecified atom stereocenters. The number of quaternary nitrogens is 1. The van der Waals surface area contributed by atoms with E-state index in [1.165, 1.54) is 0 Å². The van der Waals surface area contributed by atoms with Gasteiger partial charge in [-0.05, 0) is 6.07 Å². The molecule has 0 spiro atoms. The molecule has 0 saturated heterocycles. The summed E-state index contributed by atoms with van der Waals surface area (Å²) in [4.78, 5) is 22.9. The van der Waals surface area contributed by atoms with E-state index in [0.717, 1.165) is 5.69 Å². The van der Waals surface area contributed by atoms with Crippen LogP contribution in [-0.2, 0) is 4.57 Å². The molecule has 0 radical (unpaired) electrons. The third-order valence-corrected chi connectivity index (χ3v) is 1.72. The lowest BCUT2D eigenvalue weighted by atomic mass is 10.3. The third-order valence-electron chi connectivity index (χ3n) is 0.984. The molecule has 0 heterocycles. The lowest BCUT2D eigenvalue weighted by Crippen LogP contribution is -2.39. The van der Waals surface area contributed by atoms with Gasteiger partial charge in [0.25, 0.3) is 7.82 Å². The van der Waals surface area contributed by atoms with E-state index in [1.54, 1.807) is 12.1 Å². The normalized spacial score (nSPS) is 10.4. The number of rotatable bonds is 0. The Kier molecular flexibility index (Phi) is 5.63. The Morgan fingerprint density at radius 1 is 1.29 bits per heavy atom. The van der Waals surface area contributed by atoms with Crippen LogP contribution in [0.4, 0.5) is 5.69 Å². The maximum atomic E-state index is 8.77. The standard InChI is InChI=1S/C6H5Cl2N.H3O4P/c7-5-2-1-4(9)3-6(5)8;1-5(2,3)4/h1-3H,9H2;(H3,1,2,3,4). The summed E-state index contributed by atoms with van der Waals surface area (Å²) < 4.78 is 8.77. The van der Waals surface area contributed by atoms with Crippen molar-refractivity contribution < 1.29 is 25.0 Å². The molecule has 0 aromatic heterocycles. The highest BCUT2D eigenvalue weighted by Crippen LogP contribution is 2.22. The Bertz CT molecular complexity index is 345. The molecule has 0 bridgehead atoms. The lowest BCUT2D eigenvalue weighted by Gasteiger charge is -2.01. The highest BCUT2D eigenvalue weighted by molar-refractivity contribution is 7.43. The predicted octanol–water partition coefficient (Wildman–Crippen LogP) is 0.306. The van der Waals surface area contributed by atoms with E-state index in [1.807, 2.05) is 6.07 Å². The highest BCUT2D eigenvalue weighted by atomic mass is 35.5. The second kappa shape index (κ2) is 5.68. The minimum atomic E-state index is -4.89. The summed E-state index contributed by atoms with van der Waals surface area (Å²) in [5, 5.41) is 1.13. The summed E-state index contributed by atoms with van der Waals surface area (Å²) in [6.45, 7) is 0. The minimum absolute atomic E-state index is 0.559. The van der Waals surface area contributed by atoms with Crippen molar-refractivity contribution in [3.63, 3.8) is 0 Å². The van der Waals surface area contributed by atoms with Gasteiger partial charge < -0.3 is 20.4 Å². The van der Waals surface area contributed by atoms with Crippen molar-refractivity contribution >= 4 is 36.7 Å². The SMILES string of the molecule is O=P([O-])(O)O.[NH3+]c1ccc(Cl)c(Cl)c1. The molecule has 0 saturated carbocycles. The number of halogens is 2. The van der Waals surface area contributed by atoms with E-state index < -0.39 is 7.82 Å². The fourth-order valence-electron chi connectivity index (χ4n) is 0.540. The summed E-state index contributed by atoms with van der Waals surface area (Å²) in [6, 6.07) is 5.27. The number of hydrogen-bond acceptors (Lipinski definition) is 2. The first-order valence-electron chi connectivity index (χ1n) is 3.23. The van der Waals surface area contributed by atoms with Gasteiger partial charge in [-0.2, -0.15) is 0 Å². The van der Waals surface area contributed by atoms with E-state index in [2.05, 4.69) is 5.73 Å². The summed E-state index contributed by atoms with van der Waals surface area (Å²) in [6.07, 6.45) is 0. The Morgan fingerprint density at radius 2 is 1.71 bits per heavy atom. The molecule has 1 aromatic carbocycles. The molecular weight excluding hydrogens is 252 g/mol. The first-order chi connectivity index (χ1) is 6.20. The second-order valence-corrected chi connectivity index (χ2v) is 4.03. The molecule has 0 fully saturated rings. The van der Waals surface area contributed by atoms with Crippen LogP contribution in [0.3, 0.4) is 0 Å². The van der Waals surface area contributed by atoms with Crippen molar-refractivity contribution in [3.8, 4) is 0 Å². The molecule has 5 N–H and O–H groups in total. The first kappa shape index (κ1) is 13.9. The minimum Gasteiger partial charge on any atom is -0.756 e. The monoisotopic (exact) mass is 259 g/mol. The zero-order valence-corrected chi connectivity index (χ0v) is 9.26. The van der Waals surface area contributed by atoms with Crippen LogP contribution in [0.5, 0.6) is 0 Å². The fourth-order valence-corrected chi connectivity index (χ4v) is 0.860. The molecule has 14 heavy (non-hydrogen) atoms. The van der Waals surface area contributed by atoms with E-state index in [-0.39, 0.29) is 0 Å². The smallest absolute Gasteiger partial charge is 0.262 e. The maximum absolute atomic E-state index is 8.77. The Hall–Kier alpha value is -0.130. The van der Waals surface area contributed by atoms with Crippen LogP contribution < -0.4 is 10.6 Å². The van der Waals surface area contributed by atoms with Crippen LogP contribution in [0, 0.1) is 0 Å². The zero-order valence-electron chi connectivity index (χ0n) is 6.85. The average molecular weight is 260 g/mol. The van der Waals surface area contributed by atoms with Crippen molar-refractivity contribution in [3.05, 3.63) is 28.2 Å². The van der Waals surface area contributed by atoms with Crippen molar-refractivity contribution in [1.29, 1.82) is 0 Å². The Morgan fingerprint density at radius 3 is 2.00 bits per heavy atom. The van der Waals surface area contributed by atoms with Crippen LogP contribution in [0.25, 0.3) is 0 Å². The molecule has 1 aromatic rings. The van der Waals surface area contributed by atoms with Crippen molar-refractivity contribution in [2.24, 2.45) is 0 Å². The lowest BCUT2D eigenvalue weighted by molar-refractivity contribution is -0.254. The van der Waals surface area contributed by atoms with Gasteiger partial charge in [-0.25, -0.2) is 0 Å². The first-order valence-corrected chi connectivity index (χ1v) is 5.52. The predicted molar refractivity (Wildman–Crippen MR) is 51.1 cm³/mol. The van der Waals surface area contributed by atoms with E-state index in [4.69, 9.17) is 42.4 Å². The molecule has 8 heteroatoms. The molecule has 1 rings (SSSR count). The summed E-state index contributed by atoms with van der Waals surface area (Å²) in [5.41, 5.74) is 4.56. The number of phosphoric acid groups is 1. The van der Waals surface area contributed by atoms with Gasteiger partial charge >= 0.3 is 0 Å². The van der Waals surface area contributed by atoms with Crippen LogP contribution in [0.1, 0.15) is 0 Å². The van der Waals surface area contributed by atoms with Gasteiger partial charge in [0.05, 0.1) is 10.0 Å². The molecule has 80 valence electrons. The van der Waals surface area contributed by atoms with Crippen LogP contribution in [-0.4, -0.2) is 9.79 Å². The molecule has 0 aliphatic rings. The number of benzene rings is 1. The molecule has 0 atom stereocenters. The van der Waals surface area contributed by atoms with E-state index in [9.17, 15) is 0 Å². The molecule has 0 aliphatic heterocycles. The zero-order chi connectivity index (χ0) is 11.4. The topological polar surface area (TPSA) is 108 Å². The fraction of sp³-hybridized carbons (Fsp3) is 0. The number of hydrogen-bond donors (Lipinski definition) is 3. The van der Waals surface area contributed by atoms with Gasteiger partial charge in [-0.1, -0.05) is 23.2 Å². The maximum Gasteiger partial charge on any atom is 0.262 e.